The van der Waals surface area contributed by atoms with Gasteiger partial charge in [0.15, 0.2) is 5.54 Å². The van der Waals surface area contributed by atoms with Crippen LogP contribution in [0.2, 0.25) is 0 Å². The lowest BCUT2D eigenvalue weighted by Gasteiger charge is -2.34. The van der Waals surface area contributed by atoms with Crippen LogP contribution in [-0.2, 0) is 19.2 Å². The predicted octanol–water partition coefficient (Wildman–Crippen LogP) is 0.822. The third-order valence-corrected chi connectivity index (χ3v) is 6.44. The zero-order valence-corrected chi connectivity index (χ0v) is 16.7. The SMILES string of the molecule is CCC[C@H]1NC2(C(=O)NC(=O)NC2=O)[C@@H]2C(=O)N(c3cccc4ccccc34)C(=O)[C@@H]21. The molecule has 2 aromatic rings. The summed E-state index contributed by atoms with van der Waals surface area (Å²) in [6.07, 6.45) is 1.16. The quantitative estimate of drug-likeness (QED) is 0.499. The van der Waals surface area contributed by atoms with Crippen molar-refractivity contribution in [3.63, 3.8) is 0 Å². The first-order valence-corrected chi connectivity index (χ1v) is 10.2. The molecule has 9 nitrogen and oxygen atoms in total. The van der Waals surface area contributed by atoms with Gasteiger partial charge in [0.2, 0.25) is 11.8 Å². The van der Waals surface area contributed by atoms with Crippen LogP contribution in [0.1, 0.15) is 19.8 Å². The molecule has 3 N–H and O–H groups in total. The Labute approximate surface area is 177 Å². The standard InChI is InChI=1S/C22H20N4O5/c1-2-6-13-15-16(22(25-13)19(29)23-21(31)24-20(22)30)18(28)26(17(15)27)14-10-5-8-11-7-3-4-9-12(11)14/h3-5,7-10,13,15-16,25H,2,6H2,1H3,(H2,23,24,29,30,31)/t13-,15-,16+/m1/s1. The maximum Gasteiger partial charge on any atom is 0.328 e. The molecule has 3 aliphatic rings. The molecule has 0 unspecified atom stereocenters. The van der Waals surface area contributed by atoms with Gasteiger partial charge in [-0.3, -0.25) is 35.1 Å². The molecule has 5 rings (SSSR count). The van der Waals surface area contributed by atoms with Crippen LogP contribution >= 0.6 is 0 Å². The zero-order chi connectivity index (χ0) is 21.9. The molecular weight excluding hydrogens is 400 g/mol. The van der Waals surface area contributed by atoms with E-state index >= 15 is 0 Å². The number of anilines is 1. The highest BCUT2D eigenvalue weighted by atomic mass is 16.2. The van der Waals surface area contributed by atoms with Crippen molar-refractivity contribution in [3.05, 3.63) is 42.5 Å². The van der Waals surface area contributed by atoms with Crippen molar-refractivity contribution in [1.82, 2.24) is 16.0 Å². The monoisotopic (exact) mass is 420 g/mol. The average Bonchev–Trinajstić information content (AvgIpc) is 3.21. The molecule has 1 spiro atoms. The van der Waals surface area contributed by atoms with Crippen molar-refractivity contribution in [2.45, 2.75) is 31.3 Å². The summed E-state index contributed by atoms with van der Waals surface area (Å²) < 4.78 is 0. The van der Waals surface area contributed by atoms with Gasteiger partial charge in [0.25, 0.3) is 11.8 Å². The molecule has 0 aliphatic carbocycles. The molecular formula is C22H20N4O5. The molecule has 9 heteroatoms. The van der Waals surface area contributed by atoms with Crippen LogP contribution in [0.4, 0.5) is 10.5 Å². The maximum atomic E-state index is 13.7. The van der Waals surface area contributed by atoms with E-state index in [4.69, 9.17) is 0 Å². The summed E-state index contributed by atoms with van der Waals surface area (Å²) >= 11 is 0. The lowest BCUT2D eigenvalue weighted by Crippen LogP contribution is -2.74. The zero-order valence-electron chi connectivity index (χ0n) is 16.7. The Balaban J connectivity index is 1.66. The summed E-state index contributed by atoms with van der Waals surface area (Å²) in [6, 6.07) is 11.2. The molecule has 6 amide bonds. The smallest absolute Gasteiger partial charge is 0.291 e. The minimum absolute atomic E-state index is 0.417. The van der Waals surface area contributed by atoms with Crippen LogP contribution in [0, 0.1) is 11.8 Å². The number of hydrogen-bond donors (Lipinski definition) is 3. The van der Waals surface area contributed by atoms with Gasteiger partial charge in [-0.2, -0.15) is 0 Å². The fourth-order valence-corrected chi connectivity index (χ4v) is 5.18. The fraction of sp³-hybridized carbons (Fsp3) is 0.318. The normalized spacial score (nSPS) is 27.1. The first kappa shape index (κ1) is 19.4. The van der Waals surface area contributed by atoms with Crippen LogP contribution in [-0.4, -0.2) is 41.2 Å². The second kappa shape index (κ2) is 6.71. The number of fused-ring (bicyclic) bond motifs is 3. The van der Waals surface area contributed by atoms with Gasteiger partial charge < -0.3 is 0 Å². The summed E-state index contributed by atoms with van der Waals surface area (Å²) in [5, 5.41) is 8.69. The molecule has 3 heterocycles. The highest BCUT2D eigenvalue weighted by Crippen LogP contribution is 2.47. The predicted molar refractivity (Wildman–Crippen MR) is 110 cm³/mol. The number of hydrogen-bond acceptors (Lipinski definition) is 6. The molecule has 3 atom stereocenters. The third kappa shape index (κ3) is 2.50. The second-order valence-corrected chi connectivity index (χ2v) is 8.10. The van der Waals surface area contributed by atoms with Crippen molar-refractivity contribution in [2.24, 2.45) is 11.8 Å². The Kier molecular flexibility index (Phi) is 4.19. The molecule has 158 valence electrons. The molecule has 0 bridgehead atoms. The highest BCUT2D eigenvalue weighted by Gasteiger charge is 2.72. The molecule has 3 aliphatic heterocycles. The van der Waals surface area contributed by atoms with E-state index in [2.05, 4.69) is 16.0 Å². The van der Waals surface area contributed by atoms with E-state index < -0.39 is 53.1 Å². The number of nitrogens with one attached hydrogen (secondary N) is 3. The van der Waals surface area contributed by atoms with Crippen molar-refractivity contribution in [1.29, 1.82) is 0 Å². The van der Waals surface area contributed by atoms with Crippen molar-refractivity contribution < 1.29 is 24.0 Å². The summed E-state index contributed by atoms with van der Waals surface area (Å²) in [5.41, 5.74) is -1.59. The highest BCUT2D eigenvalue weighted by molar-refractivity contribution is 6.32. The van der Waals surface area contributed by atoms with Gasteiger partial charge in [0.1, 0.15) is 0 Å². The largest absolute Gasteiger partial charge is 0.328 e. The molecule has 2 aromatic carbocycles. The van der Waals surface area contributed by atoms with E-state index in [9.17, 15) is 24.0 Å². The molecule has 3 saturated heterocycles. The van der Waals surface area contributed by atoms with Gasteiger partial charge in [-0.1, -0.05) is 49.7 Å². The van der Waals surface area contributed by atoms with E-state index in [0.29, 0.717) is 23.9 Å². The topological polar surface area (TPSA) is 125 Å². The van der Waals surface area contributed by atoms with Crippen LogP contribution in [0.15, 0.2) is 42.5 Å². The molecule has 31 heavy (non-hydrogen) atoms. The first-order valence-electron chi connectivity index (χ1n) is 10.2. The lowest BCUT2D eigenvalue weighted by molar-refractivity contribution is -0.145. The number of urea groups is 1. The van der Waals surface area contributed by atoms with Gasteiger partial charge in [0, 0.05) is 11.4 Å². The van der Waals surface area contributed by atoms with Crippen LogP contribution in [0.25, 0.3) is 10.8 Å². The van der Waals surface area contributed by atoms with E-state index in [1.54, 1.807) is 12.1 Å². The van der Waals surface area contributed by atoms with Gasteiger partial charge >= 0.3 is 6.03 Å². The van der Waals surface area contributed by atoms with Crippen LogP contribution < -0.4 is 20.9 Å². The Hall–Kier alpha value is -3.59. The van der Waals surface area contributed by atoms with Crippen molar-refractivity contribution in [2.75, 3.05) is 4.90 Å². The number of carbonyl (C=O) groups is 5. The van der Waals surface area contributed by atoms with Crippen molar-refractivity contribution in [3.8, 4) is 0 Å². The molecule has 0 saturated carbocycles. The number of rotatable bonds is 3. The molecule has 0 aromatic heterocycles. The Morgan fingerprint density at radius 3 is 2.29 bits per heavy atom. The Morgan fingerprint density at radius 1 is 0.903 bits per heavy atom. The molecule has 0 radical (unpaired) electrons. The number of imide groups is 3. The second-order valence-electron chi connectivity index (χ2n) is 8.10. The number of carbonyl (C=O) groups excluding carboxylic acids is 5. The fourth-order valence-electron chi connectivity index (χ4n) is 5.18. The van der Waals surface area contributed by atoms with E-state index in [0.717, 1.165) is 10.3 Å². The Bertz CT molecular complexity index is 1150. The summed E-state index contributed by atoms with van der Waals surface area (Å²) in [7, 11) is 0. The summed E-state index contributed by atoms with van der Waals surface area (Å²) in [6.45, 7) is 1.91. The minimum atomic E-state index is -2.01. The van der Waals surface area contributed by atoms with Gasteiger partial charge in [-0.15, -0.1) is 0 Å². The number of amides is 6. The number of benzene rings is 2. The number of barbiturate groups is 1. The Morgan fingerprint density at radius 2 is 1.58 bits per heavy atom. The lowest BCUT2D eigenvalue weighted by atomic mass is 9.78. The van der Waals surface area contributed by atoms with Gasteiger partial charge in [-0.05, 0) is 17.9 Å². The van der Waals surface area contributed by atoms with E-state index in [1.165, 1.54) is 0 Å². The van der Waals surface area contributed by atoms with E-state index in [1.807, 2.05) is 37.3 Å². The first-order chi connectivity index (χ1) is 14.9. The van der Waals surface area contributed by atoms with Gasteiger partial charge in [0.05, 0.1) is 17.5 Å². The van der Waals surface area contributed by atoms with Crippen molar-refractivity contribution >= 4 is 46.1 Å². The number of nitrogens with zero attached hydrogens (tertiary/aromatic N) is 1. The van der Waals surface area contributed by atoms with Crippen LogP contribution in [0.3, 0.4) is 0 Å². The van der Waals surface area contributed by atoms with E-state index in [-0.39, 0.29) is 0 Å². The maximum absolute atomic E-state index is 13.7. The molecule has 3 fully saturated rings. The third-order valence-electron chi connectivity index (χ3n) is 6.44. The average molecular weight is 420 g/mol. The van der Waals surface area contributed by atoms with Crippen LogP contribution in [0.5, 0.6) is 0 Å². The minimum Gasteiger partial charge on any atom is -0.291 e. The summed E-state index contributed by atoms with van der Waals surface area (Å²) in [4.78, 5) is 65.8. The van der Waals surface area contributed by atoms with Gasteiger partial charge in [-0.25, -0.2) is 9.69 Å². The summed E-state index contributed by atoms with van der Waals surface area (Å²) in [5.74, 6) is -5.03.